The molecule has 0 saturated carbocycles. The number of nitrogens with two attached hydrogens (primary N) is 1. The van der Waals surface area contributed by atoms with Crippen LogP contribution in [0.2, 0.25) is 5.02 Å². The third kappa shape index (κ3) is 3.28. The van der Waals surface area contributed by atoms with Crippen molar-refractivity contribution in [2.45, 2.75) is 18.7 Å². The predicted octanol–water partition coefficient (Wildman–Crippen LogP) is 3.48. The number of halogens is 2. The Bertz CT molecular complexity index is 787. The minimum atomic E-state index is -3.93. The first-order valence-corrected chi connectivity index (χ1v) is 7.91. The lowest BCUT2D eigenvalue weighted by atomic mass is 10.1. The summed E-state index contributed by atoms with van der Waals surface area (Å²) in [6, 6.07) is 6.72. The molecule has 0 aromatic heterocycles. The van der Waals surface area contributed by atoms with Crippen molar-refractivity contribution >= 4 is 33.0 Å². The molecule has 2 rings (SSSR count). The van der Waals surface area contributed by atoms with Gasteiger partial charge < -0.3 is 5.73 Å². The molecule has 0 aliphatic heterocycles. The Morgan fingerprint density at radius 3 is 2.48 bits per heavy atom. The smallest absolute Gasteiger partial charge is 0.264 e. The number of aryl methyl sites for hydroxylation is 1. The van der Waals surface area contributed by atoms with Crippen LogP contribution in [0.5, 0.6) is 0 Å². The molecule has 0 radical (unpaired) electrons. The Kier molecular flexibility index (Phi) is 4.11. The third-order valence-corrected chi connectivity index (χ3v) is 4.89. The molecule has 21 heavy (non-hydrogen) atoms. The molecule has 0 spiro atoms. The van der Waals surface area contributed by atoms with Gasteiger partial charge in [0.25, 0.3) is 10.0 Å². The standard InChI is InChI=1S/C14H14ClFN2O2S/c1-8-3-4-13(17)14(9(8)2)21(19,20)18-12-6-10(15)5-11(16)7-12/h3-7,18H,17H2,1-2H3. The van der Waals surface area contributed by atoms with Gasteiger partial charge in [-0.1, -0.05) is 17.7 Å². The van der Waals surface area contributed by atoms with Gasteiger partial charge in [0.05, 0.1) is 11.4 Å². The molecular formula is C14H14ClFN2O2S. The molecule has 2 aromatic carbocycles. The van der Waals surface area contributed by atoms with Crippen molar-refractivity contribution in [3.05, 3.63) is 52.3 Å². The average Bonchev–Trinajstić information content (AvgIpc) is 2.32. The normalized spacial score (nSPS) is 11.4. The van der Waals surface area contributed by atoms with Crippen molar-refractivity contribution in [1.29, 1.82) is 0 Å². The van der Waals surface area contributed by atoms with Crippen molar-refractivity contribution in [2.75, 3.05) is 10.5 Å². The van der Waals surface area contributed by atoms with Crippen LogP contribution in [0.15, 0.2) is 35.2 Å². The lowest BCUT2D eigenvalue weighted by Crippen LogP contribution is -2.17. The van der Waals surface area contributed by atoms with E-state index >= 15 is 0 Å². The molecule has 4 nitrogen and oxygen atoms in total. The molecule has 0 saturated heterocycles. The van der Waals surface area contributed by atoms with Crippen molar-refractivity contribution < 1.29 is 12.8 Å². The highest BCUT2D eigenvalue weighted by atomic mass is 35.5. The second kappa shape index (κ2) is 5.54. The summed E-state index contributed by atoms with van der Waals surface area (Å²) in [6.07, 6.45) is 0. The molecule has 0 bridgehead atoms. The molecule has 0 unspecified atom stereocenters. The number of hydrogen-bond donors (Lipinski definition) is 2. The highest BCUT2D eigenvalue weighted by molar-refractivity contribution is 7.93. The van der Waals surface area contributed by atoms with E-state index in [0.717, 1.165) is 17.7 Å². The first-order chi connectivity index (χ1) is 9.70. The zero-order valence-electron chi connectivity index (χ0n) is 11.4. The van der Waals surface area contributed by atoms with E-state index in [1.807, 2.05) is 0 Å². The summed E-state index contributed by atoms with van der Waals surface area (Å²) < 4.78 is 40.5. The van der Waals surface area contributed by atoms with E-state index in [1.54, 1.807) is 19.9 Å². The van der Waals surface area contributed by atoms with E-state index in [9.17, 15) is 12.8 Å². The van der Waals surface area contributed by atoms with Gasteiger partial charge in [-0.2, -0.15) is 0 Å². The maximum absolute atomic E-state index is 13.3. The van der Waals surface area contributed by atoms with Gasteiger partial charge in [-0.25, -0.2) is 12.8 Å². The molecule has 3 N–H and O–H groups in total. The zero-order valence-corrected chi connectivity index (χ0v) is 13.0. The molecule has 0 atom stereocenters. The summed E-state index contributed by atoms with van der Waals surface area (Å²) in [7, 11) is -3.93. The Balaban J connectivity index is 2.51. The maximum Gasteiger partial charge on any atom is 0.264 e. The molecule has 0 heterocycles. The Morgan fingerprint density at radius 1 is 1.19 bits per heavy atom. The van der Waals surface area contributed by atoms with E-state index in [4.69, 9.17) is 17.3 Å². The summed E-state index contributed by atoms with van der Waals surface area (Å²) >= 11 is 5.71. The number of nitrogen functional groups attached to an aromatic ring is 1. The summed E-state index contributed by atoms with van der Waals surface area (Å²) in [5.41, 5.74) is 7.28. The highest BCUT2D eigenvalue weighted by Crippen LogP contribution is 2.28. The number of anilines is 2. The molecule has 0 aliphatic rings. The van der Waals surface area contributed by atoms with Gasteiger partial charge in [-0.05, 0) is 49.2 Å². The van der Waals surface area contributed by atoms with Crippen LogP contribution < -0.4 is 10.5 Å². The van der Waals surface area contributed by atoms with Gasteiger partial charge in [0.1, 0.15) is 10.7 Å². The molecule has 7 heteroatoms. The zero-order chi connectivity index (χ0) is 15.8. The van der Waals surface area contributed by atoms with Gasteiger partial charge in [-0.15, -0.1) is 0 Å². The summed E-state index contributed by atoms with van der Waals surface area (Å²) in [6.45, 7) is 3.45. The van der Waals surface area contributed by atoms with Crippen LogP contribution >= 0.6 is 11.6 Å². The Hall–Kier alpha value is -1.79. The molecule has 112 valence electrons. The quantitative estimate of drug-likeness (QED) is 0.847. The molecular weight excluding hydrogens is 315 g/mol. The van der Waals surface area contributed by atoms with Crippen molar-refractivity contribution in [2.24, 2.45) is 0 Å². The van der Waals surface area contributed by atoms with E-state index in [-0.39, 0.29) is 21.3 Å². The lowest BCUT2D eigenvalue weighted by molar-refractivity contribution is 0.600. The fourth-order valence-corrected chi connectivity index (χ4v) is 3.68. The molecule has 2 aromatic rings. The lowest BCUT2D eigenvalue weighted by Gasteiger charge is -2.14. The number of rotatable bonds is 3. The monoisotopic (exact) mass is 328 g/mol. The molecule has 0 aliphatic carbocycles. The minimum Gasteiger partial charge on any atom is -0.398 e. The van der Waals surface area contributed by atoms with Crippen LogP contribution in [-0.2, 0) is 10.0 Å². The Morgan fingerprint density at radius 2 is 1.86 bits per heavy atom. The summed E-state index contributed by atoms with van der Waals surface area (Å²) in [5.74, 6) is -0.630. The molecule has 0 fully saturated rings. The fourth-order valence-electron chi connectivity index (χ4n) is 1.99. The summed E-state index contributed by atoms with van der Waals surface area (Å²) in [4.78, 5) is -0.0112. The van der Waals surface area contributed by atoms with Crippen LogP contribution in [0, 0.1) is 19.7 Å². The fraction of sp³-hybridized carbons (Fsp3) is 0.143. The van der Waals surface area contributed by atoms with Crippen LogP contribution in [-0.4, -0.2) is 8.42 Å². The van der Waals surface area contributed by atoms with E-state index in [2.05, 4.69) is 4.72 Å². The topological polar surface area (TPSA) is 72.2 Å². The van der Waals surface area contributed by atoms with Crippen LogP contribution in [0.4, 0.5) is 15.8 Å². The SMILES string of the molecule is Cc1ccc(N)c(S(=O)(=O)Nc2cc(F)cc(Cl)c2)c1C. The minimum absolute atomic E-state index is 0.0112. The van der Waals surface area contributed by atoms with Crippen molar-refractivity contribution in [3.8, 4) is 0 Å². The van der Waals surface area contributed by atoms with Crippen LogP contribution in [0.1, 0.15) is 11.1 Å². The van der Waals surface area contributed by atoms with E-state index < -0.39 is 15.8 Å². The van der Waals surface area contributed by atoms with Gasteiger partial charge in [0.15, 0.2) is 0 Å². The maximum atomic E-state index is 13.3. The number of sulfonamides is 1. The van der Waals surface area contributed by atoms with Crippen molar-refractivity contribution in [3.63, 3.8) is 0 Å². The van der Waals surface area contributed by atoms with Gasteiger partial charge >= 0.3 is 0 Å². The molecule has 0 amide bonds. The third-order valence-electron chi connectivity index (χ3n) is 3.09. The van der Waals surface area contributed by atoms with Gasteiger partial charge in [0.2, 0.25) is 0 Å². The van der Waals surface area contributed by atoms with E-state index in [1.165, 1.54) is 12.1 Å². The van der Waals surface area contributed by atoms with Gasteiger partial charge in [0, 0.05) is 5.02 Å². The largest absolute Gasteiger partial charge is 0.398 e. The number of nitrogens with one attached hydrogen (secondary N) is 1. The predicted molar refractivity (Wildman–Crippen MR) is 82.5 cm³/mol. The second-order valence-electron chi connectivity index (χ2n) is 4.69. The van der Waals surface area contributed by atoms with Crippen LogP contribution in [0.3, 0.4) is 0 Å². The average molecular weight is 329 g/mol. The van der Waals surface area contributed by atoms with Gasteiger partial charge in [-0.3, -0.25) is 4.72 Å². The van der Waals surface area contributed by atoms with Crippen LogP contribution in [0.25, 0.3) is 0 Å². The van der Waals surface area contributed by atoms with Crippen molar-refractivity contribution in [1.82, 2.24) is 0 Å². The number of hydrogen-bond acceptors (Lipinski definition) is 3. The first-order valence-electron chi connectivity index (χ1n) is 6.05. The second-order valence-corrected chi connectivity index (χ2v) is 6.75. The highest BCUT2D eigenvalue weighted by Gasteiger charge is 2.21. The first kappa shape index (κ1) is 15.6. The number of benzene rings is 2. The Labute approximate surface area is 127 Å². The summed E-state index contributed by atoms with van der Waals surface area (Å²) in [5, 5.41) is 0.0987. The van der Waals surface area contributed by atoms with E-state index in [0.29, 0.717) is 5.56 Å².